The molecule has 13 heteroatoms. The fourth-order valence-corrected chi connectivity index (χ4v) is 0.612. The van der Waals surface area contributed by atoms with Gasteiger partial charge in [0.15, 0.2) is 0 Å². The van der Waals surface area contributed by atoms with Crippen LogP contribution in [0.15, 0.2) is 0 Å². The third-order valence-electron chi connectivity index (χ3n) is 0.194. The van der Waals surface area contributed by atoms with Gasteiger partial charge in [0.25, 0.3) is 0 Å². The summed E-state index contributed by atoms with van der Waals surface area (Å²) in [5, 5.41) is 0. The first-order valence-corrected chi connectivity index (χ1v) is 10.1. The Morgan fingerprint density at radius 2 is 1.08 bits per heavy atom. The first-order valence-electron chi connectivity index (χ1n) is 1.83. The van der Waals surface area contributed by atoms with E-state index in [1.807, 2.05) is 0 Å². The number of hydrogen-bond donors (Lipinski definition) is 0. The zero-order valence-corrected chi connectivity index (χ0v) is 10.6. The summed E-state index contributed by atoms with van der Waals surface area (Å²) in [7, 11) is -1.94. The maximum absolute atomic E-state index is 9.37. The summed E-state index contributed by atoms with van der Waals surface area (Å²) in [6, 6.07) is 0. The van der Waals surface area contributed by atoms with E-state index in [4.69, 9.17) is 0 Å². The van der Waals surface area contributed by atoms with Gasteiger partial charge in [0.2, 0.25) is 20.8 Å². The molecule has 0 aromatic carbocycles. The van der Waals surface area contributed by atoms with E-state index in [2.05, 4.69) is 28.3 Å². The Morgan fingerprint density at radius 3 is 1.15 bits per heavy atom. The average Bonchev–Trinajstić information content (AvgIpc) is 1.82. The maximum atomic E-state index is 9.37. The first-order chi connectivity index (χ1) is 5.62. The standard InChI is InChI=1S/Mo.H2O8S2.2S/c;1-9(2,3)7-8-10(4,5)6;;/h;(H,1,2,3)(H,4,5,6);;/q+2;;;/p-2. The van der Waals surface area contributed by atoms with E-state index in [0.29, 0.717) is 0 Å². The summed E-state index contributed by atoms with van der Waals surface area (Å²) in [6.45, 7) is 0. The second kappa shape index (κ2) is 7.20. The summed E-state index contributed by atoms with van der Waals surface area (Å²) in [5.74, 6) is 0. The van der Waals surface area contributed by atoms with Crippen LogP contribution in [0, 0.1) is 0 Å². The molecule has 0 aromatic heterocycles. The van der Waals surface area contributed by atoms with E-state index >= 15 is 0 Å². The van der Waals surface area contributed by atoms with Crippen molar-refractivity contribution in [1.29, 1.82) is 0 Å². The molecule has 0 aliphatic rings. The van der Waals surface area contributed by atoms with Crippen LogP contribution in [0.3, 0.4) is 0 Å². The second-order valence-electron chi connectivity index (χ2n) is 1.02. The van der Waals surface area contributed by atoms with Crippen molar-refractivity contribution < 1.29 is 49.5 Å². The predicted molar refractivity (Wildman–Crippen MR) is 36.7 cm³/mol. The second-order valence-corrected chi connectivity index (χ2v) is 6.48. The summed E-state index contributed by atoms with van der Waals surface area (Å²) in [6.07, 6.45) is 0. The van der Waals surface area contributed by atoms with Crippen LogP contribution < -0.4 is 0 Å². The third-order valence-corrected chi connectivity index (χ3v) is 0.750. The number of hydrogen-bond acceptors (Lipinski definition) is 10. The molecular formula is MoO8S4. The normalized spacial score (nSPS) is 10.9. The van der Waals surface area contributed by atoms with Gasteiger partial charge in [-0.15, -0.1) is 8.67 Å². The molecule has 78 valence electrons. The van der Waals surface area contributed by atoms with Gasteiger partial charge in [-0.2, -0.15) is 0 Å². The molecule has 0 saturated heterocycles. The Morgan fingerprint density at radius 1 is 0.923 bits per heavy atom. The van der Waals surface area contributed by atoms with Crippen molar-refractivity contribution in [2.75, 3.05) is 0 Å². The Bertz CT molecular complexity index is 321. The Hall–Kier alpha value is 0.868. The van der Waals surface area contributed by atoms with E-state index in [0.717, 1.165) is 0 Å². The molecule has 0 radical (unpaired) electrons. The molecule has 0 fully saturated rings. The van der Waals surface area contributed by atoms with Gasteiger partial charge in [0.05, 0.1) is 0 Å². The predicted octanol–water partition coefficient (Wildman–Crippen LogP) is -0.851. The van der Waals surface area contributed by atoms with Crippen LogP contribution in [0.1, 0.15) is 0 Å². The zero-order valence-electron chi connectivity index (χ0n) is 5.31. The van der Waals surface area contributed by atoms with Crippen LogP contribution >= 0.6 is 19.6 Å². The molecule has 13 heavy (non-hydrogen) atoms. The van der Waals surface area contributed by atoms with Crippen molar-refractivity contribution >= 4 is 40.4 Å². The van der Waals surface area contributed by atoms with Gasteiger partial charge in [-0.3, -0.25) is 0 Å². The molecular weight excluding hydrogens is 352 g/mol. The SMILES string of the molecule is O=S(=O)([O-])OOS(=O)(=O)[O-].[S]=[Mo+2]=[S]. The van der Waals surface area contributed by atoms with Gasteiger partial charge in [0, 0.05) is 0 Å². The van der Waals surface area contributed by atoms with Crippen molar-refractivity contribution in [3.05, 3.63) is 0 Å². The molecule has 0 unspecified atom stereocenters. The Balaban J connectivity index is 0. The van der Waals surface area contributed by atoms with Crippen molar-refractivity contribution in [2.45, 2.75) is 0 Å². The zero-order chi connectivity index (χ0) is 11.1. The molecule has 0 amide bonds. The number of rotatable bonds is 3. The van der Waals surface area contributed by atoms with Gasteiger partial charge in [0.1, 0.15) is 0 Å². The fourth-order valence-electron chi connectivity index (χ4n) is 0.0680. The van der Waals surface area contributed by atoms with Crippen molar-refractivity contribution in [3.63, 3.8) is 0 Å². The van der Waals surface area contributed by atoms with E-state index in [-0.39, 0.29) is 14.9 Å². The summed E-state index contributed by atoms with van der Waals surface area (Å²) in [5.41, 5.74) is 0. The fraction of sp³-hybridized carbons (Fsp3) is 0. The van der Waals surface area contributed by atoms with E-state index in [9.17, 15) is 25.9 Å². The molecule has 0 heterocycles. The molecule has 0 aliphatic heterocycles. The molecule has 8 nitrogen and oxygen atoms in total. The quantitative estimate of drug-likeness (QED) is 0.208. The van der Waals surface area contributed by atoms with E-state index in [1.165, 1.54) is 0 Å². The topological polar surface area (TPSA) is 133 Å². The molecule has 0 atom stereocenters. The summed E-state index contributed by atoms with van der Waals surface area (Å²) >= 11 is -0.363. The minimum absolute atomic E-state index is 0.363. The minimum atomic E-state index is -5.31. The van der Waals surface area contributed by atoms with Gasteiger partial charge in [-0.25, -0.2) is 16.8 Å². The summed E-state index contributed by atoms with van der Waals surface area (Å²) in [4.78, 5) is 0. The molecule has 0 N–H and O–H groups in total. The van der Waals surface area contributed by atoms with Crippen LogP contribution in [-0.2, 0) is 44.4 Å². The monoisotopic (exact) mass is 354 g/mol. The average molecular weight is 352 g/mol. The summed E-state index contributed by atoms with van der Waals surface area (Å²) < 4.78 is 61.5. The van der Waals surface area contributed by atoms with Crippen molar-refractivity contribution in [2.24, 2.45) is 0 Å². The van der Waals surface area contributed by atoms with Crippen LogP contribution in [-0.4, -0.2) is 25.9 Å². The molecule has 0 saturated carbocycles. The van der Waals surface area contributed by atoms with Crippen molar-refractivity contribution in [3.8, 4) is 0 Å². The first kappa shape index (κ1) is 16.3. The van der Waals surface area contributed by atoms with Crippen molar-refractivity contribution in [1.82, 2.24) is 0 Å². The van der Waals surface area contributed by atoms with E-state index in [1.54, 1.807) is 0 Å². The van der Waals surface area contributed by atoms with Crippen LogP contribution in [0.5, 0.6) is 0 Å². The van der Waals surface area contributed by atoms with Gasteiger partial charge >= 0.3 is 34.6 Å². The Kier molecular flexibility index (Phi) is 9.03. The van der Waals surface area contributed by atoms with Crippen LogP contribution in [0.25, 0.3) is 0 Å². The van der Waals surface area contributed by atoms with Crippen LogP contribution in [0.2, 0.25) is 0 Å². The Labute approximate surface area is 89.5 Å². The molecule has 0 bridgehead atoms. The van der Waals surface area contributed by atoms with Gasteiger partial charge in [-0.05, 0) is 0 Å². The molecule has 0 aliphatic carbocycles. The van der Waals surface area contributed by atoms with Gasteiger partial charge < -0.3 is 9.11 Å². The van der Waals surface area contributed by atoms with Gasteiger partial charge in [-0.1, -0.05) is 0 Å². The van der Waals surface area contributed by atoms with Crippen LogP contribution in [0.4, 0.5) is 0 Å². The third kappa shape index (κ3) is 24.6. The molecule has 0 rings (SSSR count). The molecule has 0 spiro atoms. The molecule has 0 aromatic rings. The van der Waals surface area contributed by atoms with E-state index < -0.39 is 20.8 Å².